The lowest BCUT2D eigenvalue weighted by Gasteiger charge is -1.98. The molecule has 0 N–H and O–H groups in total. The maximum Gasteiger partial charge on any atom is 0.189 e. The molecule has 0 aliphatic heterocycles. The van der Waals surface area contributed by atoms with Crippen molar-refractivity contribution < 1.29 is 0 Å². The monoisotopic (exact) mass is 284 g/mol. The molecule has 0 nitrogen and oxygen atoms in total. The van der Waals surface area contributed by atoms with E-state index in [0.29, 0.717) is 0 Å². The van der Waals surface area contributed by atoms with Crippen LogP contribution in [0.3, 0.4) is 0 Å². The Morgan fingerprint density at radius 3 is 2.20 bits per heavy atom. The number of hydrogen-bond donors (Lipinski definition) is 0. The molecule has 0 atom stereocenters. The van der Waals surface area contributed by atoms with Gasteiger partial charge in [0.1, 0.15) is 0 Å². The summed E-state index contributed by atoms with van der Waals surface area (Å²) in [5, 5.41) is 0. The fourth-order valence-corrected chi connectivity index (χ4v) is 15.5. The molecule has 0 spiro atoms. The van der Waals surface area contributed by atoms with Gasteiger partial charge in [0.15, 0.2) is 7.12 Å². The number of rotatable bonds is 5. The Hall–Kier alpha value is 2.60. The SMILES string of the molecule is BSSSSSS(C)(=S)=S. The molecule has 9 heteroatoms. The molecular weight excluding hydrogens is 279 g/mol. The molecule has 0 fully saturated rings. The molecule has 0 heterocycles. The molecule has 0 rings (SSSR count). The Morgan fingerprint density at radius 2 is 1.80 bits per heavy atom. The van der Waals surface area contributed by atoms with Crippen LogP contribution >= 0.6 is 49.9 Å². The molecule has 10 heavy (non-hydrogen) atoms. The van der Waals surface area contributed by atoms with Crippen molar-refractivity contribution in [1.82, 2.24) is 0 Å². The zero-order valence-electron chi connectivity index (χ0n) is 5.27. The van der Waals surface area contributed by atoms with Crippen LogP contribution in [0.4, 0.5) is 0 Å². The minimum atomic E-state index is -1.20. The van der Waals surface area contributed by atoms with E-state index >= 15 is 0 Å². The molecule has 0 aromatic rings. The standard InChI is InChI=1S/CH5BS8/c1-10(3,4)9-8-7-6-5-2/h2H2,1H3. The Bertz CT molecular complexity index is 156. The Labute approximate surface area is 90.7 Å². The van der Waals surface area contributed by atoms with Crippen LogP contribution in [0.5, 0.6) is 0 Å². The third kappa shape index (κ3) is 10.6. The van der Waals surface area contributed by atoms with Gasteiger partial charge >= 0.3 is 0 Å². The molecule has 0 saturated carbocycles. The quantitative estimate of drug-likeness (QED) is 0.426. The normalized spacial score (nSPS) is 11.7. The van der Waals surface area contributed by atoms with Crippen LogP contribution in [-0.2, 0) is 28.6 Å². The Kier molecular flexibility index (Phi) is 8.89. The first kappa shape index (κ1) is 12.6. The average Bonchev–Trinajstić information content (AvgIpc) is 1.78. The van der Waals surface area contributed by atoms with Crippen LogP contribution in [0.25, 0.3) is 0 Å². The zero-order chi connectivity index (χ0) is 8.04. The van der Waals surface area contributed by atoms with E-state index in [4.69, 9.17) is 22.4 Å². The lowest BCUT2D eigenvalue weighted by atomic mass is 10.8. The van der Waals surface area contributed by atoms with Crippen molar-refractivity contribution in [3.05, 3.63) is 0 Å². The van der Waals surface area contributed by atoms with Crippen molar-refractivity contribution in [3.63, 3.8) is 0 Å². The topological polar surface area (TPSA) is 0 Å². The van der Waals surface area contributed by atoms with Crippen LogP contribution in [0.2, 0.25) is 0 Å². The summed E-state index contributed by atoms with van der Waals surface area (Å²) in [4.78, 5) is 0. The summed E-state index contributed by atoms with van der Waals surface area (Å²) in [6.45, 7) is 0. The van der Waals surface area contributed by atoms with Gasteiger partial charge in [-0.25, -0.2) is 0 Å². The second-order valence-corrected chi connectivity index (χ2v) is 18.9. The summed E-state index contributed by atoms with van der Waals surface area (Å²) in [6, 6.07) is 0. The van der Waals surface area contributed by atoms with Gasteiger partial charge < -0.3 is 0 Å². The average molecular weight is 284 g/mol. The third-order valence-corrected chi connectivity index (χ3v) is 14.9. The summed E-state index contributed by atoms with van der Waals surface area (Å²) in [7, 11) is 10.6. The van der Waals surface area contributed by atoms with Crippen molar-refractivity contribution in [2.45, 2.75) is 0 Å². The summed E-state index contributed by atoms with van der Waals surface area (Å²) >= 11 is 10.1. The predicted molar refractivity (Wildman–Crippen MR) is 74.5 cm³/mol. The highest BCUT2D eigenvalue weighted by atomic mass is 33.9. The van der Waals surface area contributed by atoms with Crippen molar-refractivity contribution >= 4 is 85.6 Å². The fraction of sp³-hybridized carbons (Fsp3) is 1.00. The van der Waals surface area contributed by atoms with Crippen LogP contribution in [0.1, 0.15) is 0 Å². The van der Waals surface area contributed by atoms with Gasteiger partial charge in [-0.3, -0.25) is 0 Å². The molecule has 0 aliphatic rings. The molecule has 0 amide bonds. The summed E-state index contributed by atoms with van der Waals surface area (Å²) in [5.41, 5.74) is 0. The van der Waals surface area contributed by atoms with Crippen LogP contribution in [0.15, 0.2) is 0 Å². The molecule has 0 saturated heterocycles. The first-order valence-corrected chi connectivity index (χ1v) is 12.9. The van der Waals surface area contributed by atoms with Gasteiger partial charge in [0, 0.05) is 6.26 Å². The highest BCUT2D eigenvalue weighted by molar-refractivity contribution is 9.44. The molecule has 0 bridgehead atoms. The predicted octanol–water partition coefficient (Wildman–Crippen LogP) is 2.48. The first-order chi connectivity index (χ1) is 4.56. The van der Waals surface area contributed by atoms with E-state index in [1.807, 2.05) is 6.26 Å². The zero-order valence-corrected chi connectivity index (χ0v) is 11.8. The Balaban J connectivity index is 3.21. The van der Waals surface area contributed by atoms with Gasteiger partial charge in [-0.1, -0.05) is 0 Å². The van der Waals surface area contributed by atoms with Gasteiger partial charge in [-0.15, -0.1) is 10.6 Å². The van der Waals surface area contributed by atoms with E-state index in [1.165, 1.54) is 0 Å². The largest absolute Gasteiger partial charge is 0.189 e. The lowest BCUT2D eigenvalue weighted by molar-refractivity contribution is 2.53. The van der Waals surface area contributed by atoms with Crippen molar-refractivity contribution in [2.75, 3.05) is 6.26 Å². The second-order valence-electron chi connectivity index (χ2n) is 1.14. The minimum Gasteiger partial charge on any atom is -0.143 e. The van der Waals surface area contributed by atoms with Crippen LogP contribution in [-0.4, -0.2) is 13.4 Å². The highest BCUT2D eigenvalue weighted by Gasteiger charge is 1.95. The molecule has 0 radical (unpaired) electrons. The summed E-state index contributed by atoms with van der Waals surface area (Å²) in [5.74, 6) is 0. The van der Waals surface area contributed by atoms with Crippen molar-refractivity contribution in [2.24, 2.45) is 0 Å². The molecular formula is CH5BS8. The van der Waals surface area contributed by atoms with Crippen LogP contribution < -0.4 is 0 Å². The van der Waals surface area contributed by atoms with Gasteiger partial charge in [0.25, 0.3) is 0 Å². The molecule has 0 aromatic carbocycles. The molecule has 0 unspecified atom stereocenters. The van der Waals surface area contributed by atoms with Crippen LogP contribution in [0, 0.1) is 0 Å². The number of hydrogen-bond acceptors (Lipinski definition) is 7. The summed E-state index contributed by atoms with van der Waals surface area (Å²) in [6.07, 6.45) is 0.742. The van der Waals surface area contributed by atoms with Gasteiger partial charge in [0.05, 0.1) is 0 Å². The second kappa shape index (κ2) is 7.05. The van der Waals surface area contributed by atoms with Crippen molar-refractivity contribution in [3.8, 4) is 0 Å². The van der Waals surface area contributed by atoms with E-state index in [9.17, 15) is 0 Å². The third-order valence-electron chi connectivity index (χ3n) is 0.275. The minimum absolute atomic E-state index is 1.20. The summed E-state index contributed by atoms with van der Waals surface area (Å²) < 4.78 is 0. The van der Waals surface area contributed by atoms with E-state index < -0.39 is 6.18 Å². The van der Waals surface area contributed by atoms with Gasteiger partial charge in [-0.05, 0) is 67.9 Å². The first-order valence-electron chi connectivity index (χ1n) is 1.98. The van der Waals surface area contributed by atoms with Gasteiger partial charge in [0.2, 0.25) is 0 Å². The van der Waals surface area contributed by atoms with Gasteiger partial charge in [-0.2, -0.15) is 0 Å². The molecule has 0 aliphatic carbocycles. The Morgan fingerprint density at radius 1 is 1.20 bits per heavy atom. The van der Waals surface area contributed by atoms with E-state index in [2.05, 4.69) is 7.12 Å². The highest BCUT2D eigenvalue weighted by Crippen LogP contribution is 2.49. The molecule has 0 aromatic heterocycles. The van der Waals surface area contributed by atoms with E-state index in [-0.39, 0.29) is 0 Å². The fourth-order valence-electron chi connectivity index (χ4n) is 0.101. The maximum absolute atomic E-state index is 5.05. The maximum atomic E-state index is 5.05. The van der Waals surface area contributed by atoms with E-state index in [1.54, 1.807) is 49.9 Å². The lowest BCUT2D eigenvalue weighted by Crippen LogP contribution is -1.75. The molecule has 60 valence electrons. The van der Waals surface area contributed by atoms with E-state index in [0.717, 1.165) is 0 Å². The smallest absolute Gasteiger partial charge is 0.143 e. The van der Waals surface area contributed by atoms with Crippen molar-refractivity contribution in [1.29, 1.82) is 0 Å².